The van der Waals surface area contributed by atoms with Crippen LogP contribution in [0.25, 0.3) is 0 Å². The highest BCUT2D eigenvalue weighted by Gasteiger charge is 2.12. The first-order chi connectivity index (χ1) is 10.9. The average Bonchev–Trinajstić information content (AvgIpc) is 2.52. The summed E-state index contributed by atoms with van der Waals surface area (Å²) in [7, 11) is 4.43. The number of anilines is 1. The zero-order chi connectivity index (χ0) is 17.2. The number of rotatable bonds is 8. The van der Waals surface area contributed by atoms with Crippen molar-refractivity contribution in [3.63, 3.8) is 0 Å². The number of carbonyl (C=O) groups excluding carboxylic acids is 3. The summed E-state index contributed by atoms with van der Waals surface area (Å²) in [5.41, 5.74) is 0.638. The fraction of sp³-hybridized carbons (Fsp3) is 0.400. The summed E-state index contributed by atoms with van der Waals surface area (Å²) in [4.78, 5) is 35.9. The Morgan fingerprint density at radius 1 is 1.04 bits per heavy atom. The van der Waals surface area contributed by atoms with Gasteiger partial charge in [0.05, 0.1) is 27.3 Å². The third-order valence-electron chi connectivity index (χ3n) is 2.86. The van der Waals surface area contributed by atoms with Gasteiger partial charge in [0.1, 0.15) is 12.3 Å². The maximum Gasteiger partial charge on any atom is 0.325 e. The lowest BCUT2D eigenvalue weighted by Crippen LogP contribution is -2.40. The molecule has 0 aliphatic rings. The van der Waals surface area contributed by atoms with Crippen molar-refractivity contribution in [1.82, 2.24) is 10.2 Å². The maximum atomic E-state index is 11.9. The predicted octanol–water partition coefficient (Wildman–Crippen LogP) is -0.145. The van der Waals surface area contributed by atoms with Gasteiger partial charge in [-0.15, -0.1) is 0 Å². The van der Waals surface area contributed by atoms with Crippen LogP contribution in [-0.2, 0) is 19.1 Å². The number of benzene rings is 1. The molecule has 1 aromatic rings. The van der Waals surface area contributed by atoms with Gasteiger partial charge in [0, 0.05) is 5.69 Å². The second-order valence-corrected chi connectivity index (χ2v) is 4.80. The van der Waals surface area contributed by atoms with E-state index in [1.807, 2.05) is 0 Å². The van der Waals surface area contributed by atoms with Gasteiger partial charge in [0.15, 0.2) is 0 Å². The second kappa shape index (κ2) is 9.42. The molecule has 1 aromatic carbocycles. The molecule has 0 spiro atoms. The molecule has 0 unspecified atom stereocenters. The molecule has 0 heterocycles. The first-order valence-electron chi connectivity index (χ1n) is 6.90. The van der Waals surface area contributed by atoms with Gasteiger partial charge in [-0.05, 0) is 31.3 Å². The smallest absolute Gasteiger partial charge is 0.325 e. The van der Waals surface area contributed by atoms with E-state index in [9.17, 15) is 14.4 Å². The Hall–Kier alpha value is -2.61. The molecule has 1 rings (SSSR count). The fourth-order valence-corrected chi connectivity index (χ4v) is 1.72. The number of hydrogen-bond acceptors (Lipinski definition) is 6. The standard InChI is InChI=1S/C15H21N3O5/c1-18(9-13(19)16-8-15(21)23-3)10-14(20)17-11-4-6-12(22-2)7-5-11/h4-7H,8-10H2,1-3H3,(H,16,19)(H,17,20). The number of esters is 1. The van der Waals surface area contributed by atoms with E-state index in [4.69, 9.17) is 4.74 Å². The van der Waals surface area contributed by atoms with Gasteiger partial charge < -0.3 is 20.1 Å². The minimum Gasteiger partial charge on any atom is -0.497 e. The van der Waals surface area contributed by atoms with Crippen LogP contribution < -0.4 is 15.4 Å². The van der Waals surface area contributed by atoms with E-state index in [2.05, 4.69) is 15.4 Å². The van der Waals surface area contributed by atoms with Crippen molar-refractivity contribution < 1.29 is 23.9 Å². The molecule has 0 aliphatic carbocycles. The Labute approximate surface area is 134 Å². The maximum absolute atomic E-state index is 11.9. The normalized spacial score (nSPS) is 10.1. The summed E-state index contributed by atoms with van der Waals surface area (Å²) in [5, 5.41) is 5.11. The van der Waals surface area contributed by atoms with Crippen LogP contribution in [0.2, 0.25) is 0 Å². The molecule has 23 heavy (non-hydrogen) atoms. The molecule has 8 nitrogen and oxygen atoms in total. The largest absolute Gasteiger partial charge is 0.497 e. The highest BCUT2D eigenvalue weighted by atomic mass is 16.5. The summed E-state index contributed by atoms with van der Waals surface area (Å²) in [5.74, 6) is -0.450. The number of likely N-dealkylation sites (N-methyl/N-ethyl adjacent to an activating group) is 1. The summed E-state index contributed by atoms with van der Waals surface area (Å²) in [6, 6.07) is 6.92. The zero-order valence-corrected chi connectivity index (χ0v) is 13.4. The Morgan fingerprint density at radius 3 is 2.22 bits per heavy atom. The van der Waals surface area contributed by atoms with Gasteiger partial charge in [-0.1, -0.05) is 0 Å². The average molecular weight is 323 g/mol. The van der Waals surface area contributed by atoms with Gasteiger partial charge in [0.2, 0.25) is 11.8 Å². The zero-order valence-electron chi connectivity index (χ0n) is 13.4. The summed E-state index contributed by atoms with van der Waals surface area (Å²) in [6.45, 7) is -0.161. The van der Waals surface area contributed by atoms with Crippen molar-refractivity contribution in [2.45, 2.75) is 0 Å². The van der Waals surface area contributed by atoms with Crippen LogP contribution in [0.4, 0.5) is 5.69 Å². The number of nitrogens with one attached hydrogen (secondary N) is 2. The quantitative estimate of drug-likeness (QED) is 0.646. The van der Waals surface area contributed by atoms with Crippen LogP contribution in [0.15, 0.2) is 24.3 Å². The minimum absolute atomic E-state index is 0.00692. The van der Waals surface area contributed by atoms with E-state index < -0.39 is 5.97 Å². The molecule has 0 bridgehead atoms. The molecular formula is C15H21N3O5. The third kappa shape index (κ3) is 7.28. The molecule has 0 aromatic heterocycles. The molecule has 2 amide bonds. The Morgan fingerprint density at radius 2 is 1.65 bits per heavy atom. The fourth-order valence-electron chi connectivity index (χ4n) is 1.72. The number of amides is 2. The van der Waals surface area contributed by atoms with E-state index >= 15 is 0 Å². The van der Waals surface area contributed by atoms with Crippen molar-refractivity contribution in [3.8, 4) is 5.75 Å². The van der Waals surface area contributed by atoms with Crippen LogP contribution in [0, 0.1) is 0 Å². The second-order valence-electron chi connectivity index (χ2n) is 4.80. The van der Waals surface area contributed by atoms with Crippen molar-refractivity contribution in [1.29, 1.82) is 0 Å². The van der Waals surface area contributed by atoms with Crippen LogP contribution in [0.5, 0.6) is 5.75 Å². The number of carbonyl (C=O) groups is 3. The van der Waals surface area contributed by atoms with Crippen molar-refractivity contribution in [2.75, 3.05) is 46.2 Å². The first-order valence-corrected chi connectivity index (χ1v) is 6.90. The van der Waals surface area contributed by atoms with Gasteiger partial charge in [-0.2, -0.15) is 0 Å². The monoisotopic (exact) mass is 323 g/mol. The van der Waals surface area contributed by atoms with Crippen molar-refractivity contribution in [2.24, 2.45) is 0 Å². The Kier molecular flexibility index (Phi) is 7.55. The van der Waals surface area contributed by atoms with E-state index in [1.165, 1.54) is 12.0 Å². The molecule has 0 saturated heterocycles. The lowest BCUT2D eigenvalue weighted by atomic mass is 10.3. The highest BCUT2D eigenvalue weighted by molar-refractivity contribution is 5.92. The molecule has 0 fully saturated rings. The molecule has 0 atom stereocenters. The van der Waals surface area contributed by atoms with Crippen LogP contribution in [-0.4, -0.2) is 63.6 Å². The first kappa shape index (κ1) is 18.4. The summed E-state index contributed by atoms with van der Waals surface area (Å²) >= 11 is 0. The lowest BCUT2D eigenvalue weighted by Gasteiger charge is -2.15. The SMILES string of the molecule is COC(=O)CNC(=O)CN(C)CC(=O)Nc1ccc(OC)cc1. The molecule has 0 radical (unpaired) electrons. The number of methoxy groups -OCH3 is 2. The molecule has 0 aliphatic heterocycles. The van der Waals surface area contributed by atoms with Crippen LogP contribution in [0.1, 0.15) is 0 Å². The third-order valence-corrected chi connectivity index (χ3v) is 2.86. The topological polar surface area (TPSA) is 97.0 Å². The molecule has 2 N–H and O–H groups in total. The number of hydrogen-bond donors (Lipinski definition) is 2. The highest BCUT2D eigenvalue weighted by Crippen LogP contribution is 2.14. The van der Waals surface area contributed by atoms with Gasteiger partial charge in [-0.3, -0.25) is 19.3 Å². The summed E-state index contributed by atoms with van der Waals surface area (Å²) in [6.07, 6.45) is 0. The van der Waals surface area contributed by atoms with E-state index in [-0.39, 0.29) is 31.4 Å². The van der Waals surface area contributed by atoms with E-state index in [1.54, 1.807) is 38.4 Å². The van der Waals surface area contributed by atoms with Gasteiger partial charge in [0.25, 0.3) is 0 Å². The Balaban J connectivity index is 2.34. The number of nitrogens with zero attached hydrogens (tertiary/aromatic N) is 1. The Bertz CT molecular complexity index is 545. The van der Waals surface area contributed by atoms with Gasteiger partial charge in [-0.25, -0.2) is 0 Å². The minimum atomic E-state index is -0.529. The van der Waals surface area contributed by atoms with Crippen LogP contribution in [0.3, 0.4) is 0 Å². The molecule has 8 heteroatoms. The van der Waals surface area contributed by atoms with E-state index in [0.29, 0.717) is 11.4 Å². The number of ether oxygens (including phenoxy) is 2. The molecule has 0 saturated carbocycles. The molecule has 126 valence electrons. The van der Waals surface area contributed by atoms with Crippen LogP contribution >= 0.6 is 0 Å². The van der Waals surface area contributed by atoms with Crippen molar-refractivity contribution >= 4 is 23.5 Å². The summed E-state index contributed by atoms with van der Waals surface area (Å²) < 4.78 is 9.44. The molecular weight excluding hydrogens is 302 g/mol. The lowest BCUT2D eigenvalue weighted by molar-refractivity contribution is -0.141. The van der Waals surface area contributed by atoms with Crippen molar-refractivity contribution in [3.05, 3.63) is 24.3 Å². The predicted molar refractivity (Wildman–Crippen MR) is 84.1 cm³/mol. The van der Waals surface area contributed by atoms with E-state index in [0.717, 1.165) is 0 Å². The van der Waals surface area contributed by atoms with Gasteiger partial charge >= 0.3 is 5.97 Å².